The van der Waals surface area contributed by atoms with Crippen molar-refractivity contribution in [1.29, 1.82) is 0 Å². The quantitative estimate of drug-likeness (QED) is 0.755. The normalized spacial score (nSPS) is 16.9. The minimum absolute atomic E-state index is 0.591. The van der Waals surface area contributed by atoms with E-state index < -0.39 is 23.1 Å². The van der Waals surface area contributed by atoms with Gasteiger partial charge in [0.05, 0.1) is 5.92 Å². The van der Waals surface area contributed by atoms with Crippen molar-refractivity contribution < 1.29 is 14.5 Å². The van der Waals surface area contributed by atoms with Gasteiger partial charge in [-0.25, -0.2) is 0 Å². The zero-order valence-electron chi connectivity index (χ0n) is 16.8. The monoisotopic (exact) mass is 395 g/mol. The molecule has 0 aromatic heterocycles. The van der Waals surface area contributed by atoms with Crippen LogP contribution in [0, 0.1) is 5.92 Å². The standard InChI is InChI=1S/C23H25NO3S/c1-14-20(12-16-6-9-18(10-7-16)28(5)27)19-11-8-17(24(3)4)13-21(19)22(14)15(2)23(25)26/h6-13,15H,1-5H3,(H,25,26)/b20-12+. The lowest BCUT2D eigenvalue weighted by molar-refractivity contribution is -0.139. The van der Waals surface area contributed by atoms with Crippen molar-refractivity contribution in [3.63, 3.8) is 0 Å². The molecule has 3 rings (SSSR count). The largest absolute Gasteiger partial charge is 0.612 e. The predicted octanol–water partition coefficient (Wildman–Crippen LogP) is 4.54. The third-order valence-electron chi connectivity index (χ3n) is 5.23. The molecular weight excluding hydrogens is 370 g/mol. The molecule has 0 amide bonds. The molecule has 0 aliphatic heterocycles. The van der Waals surface area contributed by atoms with Crippen molar-refractivity contribution >= 4 is 40.1 Å². The second-order valence-electron chi connectivity index (χ2n) is 7.30. The van der Waals surface area contributed by atoms with Gasteiger partial charge < -0.3 is 14.6 Å². The van der Waals surface area contributed by atoms with Gasteiger partial charge in [-0.1, -0.05) is 6.07 Å². The van der Waals surface area contributed by atoms with E-state index in [2.05, 4.69) is 24.3 Å². The maximum absolute atomic E-state index is 11.7. The van der Waals surface area contributed by atoms with E-state index in [4.69, 9.17) is 0 Å². The number of rotatable bonds is 5. The van der Waals surface area contributed by atoms with Crippen LogP contribution < -0.4 is 4.90 Å². The van der Waals surface area contributed by atoms with Crippen LogP contribution >= 0.6 is 0 Å². The molecule has 146 valence electrons. The van der Waals surface area contributed by atoms with Gasteiger partial charge in [-0.05, 0) is 101 Å². The number of benzene rings is 2. The Balaban J connectivity index is 2.15. The Kier molecular flexibility index (Phi) is 5.68. The molecule has 1 N–H and O–H groups in total. The van der Waals surface area contributed by atoms with Crippen molar-refractivity contribution in [2.45, 2.75) is 18.7 Å². The molecular formula is C23H25NO3S. The molecule has 0 heterocycles. The first-order valence-electron chi connectivity index (χ1n) is 9.12. The fraction of sp³-hybridized carbons (Fsp3) is 0.261. The molecule has 5 heteroatoms. The molecule has 1 aliphatic rings. The summed E-state index contributed by atoms with van der Waals surface area (Å²) in [6, 6.07) is 13.8. The predicted molar refractivity (Wildman–Crippen MR) is 117 cm³/mol. The topological polar surface area (TPSA) is 63.6 Å². The minimum Gasteiger partial charge on any atom is -0.612 e. The van der Waals surface area contributed by atoms with Crippen LogP contribution in [0.15, 0.2) is 52.9 Å². The Bertz CT molecular complexity index is 972. The van der Waals surface area contributed by atoms with Crippen molar-refractivity contribution in [1.82, 2.24) is 0 Å². The number of hydrogen-bond donors (Lipinski definition) is 1. The fourth-order valence-corrected chi connectivity index (χ4v) is 4.13. The Morgan fingerprint density at radius 3 is 2.32 bits per heavy atom. The van der Waals surface area contributed by atoms with Gasteiger partial charge in [-0.15, -0.1) is 0 Å². The van der Waals surface area contributed by atoms with E-state index in [0.717, 1.165) is 44.0 Å². The number of nitrogens with zero attached hydrogens (tertiary/aromatic N) is 1. The molecule has 4 nitrogen and oxygen atoms in total. The summed E-state index contributed by atoms with van der Waals surface area (Å²) >= 11 is -1.01. The molecule has 2 unspecified atom stereocenters. The number of carboxylic acids is 1. The van der Waals surface area contributed by atoms with Crippen LogP contribution in [0.25, 0.3) is 17.2 Å². The molecule has 2 aromatic carbocycles. The number of anilines is 1. The summed E-state index contributed by atoms with van der Waals surface area (Å²) in [5.74, 6) is -1.42. The summed E-state index contributed by atoms with van der Waals surface area (Å²) in [5, 5.41) is 9.63. The zero-order chi connectivity index (χ0) is 20.6. The fourth-order valence-electron chi connectivity index (χ4n) is 3.61. The van der Waals surface area contributed by atoms with E-state index in [1.165, 1.54) is 0 Å². The lowest BCUT2D eigenvalue weighted by atomic mass is 9.93. The zero-order valence-corrected chi connectivity index (χ0v) is 17.6. The number of carbonyl (C=O) groups is 1. The summed E-state index contributed by atoms with van der Waals surface area (Å²) in [5.41, 5.74) is 6.96. The molecule has 2 atom stereocenters. The first kappa shape index (κ1) is 20.2. The van der Waals surface area contributed by atoms with Crippen molar-refractivity contribution in [2.24, 2.45) is 5.92 Å². The molecule has 0 saturated heterocycles. The molecule has 0 saturated carbocycles. The highest BCUT2D eigenvalue weighted by atomic mass is 32.2. The van der Waals surface area contributed by atoms with Crippen LogP contribution in [0.1, 0.15) is 30.5 Å². The Hall–Kier alpha value is -2.50. The Labute approximate surface area is 169 Å². The van der Waals surface area contributed by atoms with Crippen LogP contribution in [-0.4, -0.2) is 36.0 Å². The number of allylic oxidation sites excluding steroid dienone is 2. The second-order valence-corrected chi connectivity index (χ2v) is 8.68. The highest BCUT2D eigenvalue weighted by Crippen LogP contribution is 2.46. The summed E-state index contributed by atoms with van der Waals surface area (Å²) in [6.07, 6.45) is 3.74. The minimum atomic E-state index is -1.01. The number of hydrogen-bond acceptors (Lipinski definition) is 3. The molecule has 28 heavy (non-hydrogen) atoms. The molecule has 0 radical (unpaired) electrons. The molecule has 1 aliphatic carbocycles. The van der Waals surface area contributed by atoms with Crippen LogP contribution in [0.2, 0.25) is 0 Å². The lowest BCUT2D eigenvalue weighted by Gasteiger charge is -2.16. The van der Waals surface area contributed by atoms with Crippen LogP contribution in [0.5, 0.6) is 0 Å². The van der Waals surface area contributed by atoms with Gasteiger partial charge in [0, 0.05) is 19.8 Å². The molecule has 0 fully saturated rings. The Morgan fingerprint density at radius 2 is 1.79 bits per heavy atom. The smallest absolute Gasteiger partial charge is 0.310 e. The average Bonchev–Trinajstić information content (AvgIpc) is 2.92. The van der Waals surface area contributed by atoms with E-state index in [1.807, 2.05) is 50.2 Å². The lowest BCUT2D eigenvalue weighted by Crippen LogP contribution is -2.12. The van der Waals surface area contributed by atoms with Gasteiger partial charge >= 0.3 is 5.97 Å². The van der Waals surface area contributed by atoms with Crippen LogP contribution in [0.4, 0.5) is 5.69 Å². The van der Waals surface area contributed by atoms with E-state index in [1.54, 1.807) is 13.2 Å². The number of fused-ring (bicyclic) bond motifs is 1. The van der Waals surface area contributed by atoms with E-state index in [0.29, 0.717) is 0 Å². The second kappa shape index (κ2) is 7.86. The van der Waals surface area contributed by atoms with Crippen molar-refractivity contribution in [3.8, 4) is 0 Å². The maximum atomic E-state index is 11.7. The summed E-state index contributed by atoms with van der Waals surface area (Å²) < 4.78 is 11.6. The average molecular weight is 396 g/mol. The SMILES string of the molecule is CC1=C(C(C)C(=O)O)c2cc(N(C)C)ccc2/C1=C/c1ccc([S+](C)[O-])cc1. The molecule has 0 bridgehead atoms. The Morgan fingerprint density at radius 1 is 1.14 bits per heavy atom. The third-order valence-corrected chi connectivity index (χ3v) is 6.17. The van der Waals surface area contributed by atoms with E-state index >= 15 is 0 Å². The van der Waals surface area contributed by atoms with Crippen LogP contribution in [0.3, 0.4) is 0 Å². The van der Waals surface area contributed by atoms with Gasteiger partial charge in [-0.3, -0.25) is 4.79 Å². The van der Waals surface area contributed by atoms with Gasteiger partial charge in [0.15, 0.2) is 4.90 Å². The maximum Gasteiger partial charge on any atom is 0.310 e. The van der Waals surface area contributed by atoms with Crippen LogP contribution in [-0.2, 0) is 16.0 Å². The van der Waals surface area contributed by atoms with E-state index in [9.17, 15) is 14.5 Å². The summed E-state index contributed by atoms with van der Waals surface area (Å²) in [6.45, 7) is 3.73. The molecule has 2 aromatic rings. The molecule has 0 spiro atoms. The third kappa shape index (κ3) is 3.73. The first-order chi connectivity index (χ1) is 13.2. The highest BCUT2D eigenvalue weighted by molar-refractivity contribution is 7.90. The van der Waals surface area contributed by atoms with Gasteiger partial charge in [0.25, 0.3) is 0 Å². The van der Waals surface area contributed by atoms with Crippen molar-refractivity contribution in [3.05, 3.63) is 64.7 Å². The van der Waals surface area contributed by atoms with Crippen molar-refractivity contribution in [2.75, 3.05) is 25.3 Å². The van der Waals surface area contributed by atoms with Gasteiger partial charge in [-0.2, -0.15) is 0 Å². The van der Waals surface area contributed by atoms with Gasteiger partial charge in [0.1, 0.15) is 6.26 Å². The van der Waals surface area contributed by atoms with Gasteiger partial charge in [0.2, 0.25) is 0 Å². The first-order valence-corrected chi connectivity index (χ1v) is 10.7. The highest BCUT2D eigenvalue weighted by Gasteiger charge is 2.30. The van der Waals surface area contributed by atoms with E-state index in [-0.39, 0.29) is 0 Å². The summed E-state index contributed by atoms with van der Waals surface area (Å²) in [4.78, 5) is 14.5. The summed E-state index contributed by atoms with van der Waals surface area (Å²) in [7, 11) is 3.95. The number of carboxylic acid groups (broad SMARTS) is 1. The number of aliphatic carboxylic acids is 1.